The van der Waals surface area contributed by atoms with Gasteiger partial charge in [-0.15, -0.1) is 0 Å². The number of nitrogens with zero attached hydrogens (tertiary/aromatic N) is 2. The van der Waals surface area contributed by atoms with Crippen LogP contribution in [0.1, 0.15) is 47.3 Å². The van der Waals surface area contributed by atoms with Gasteiger partial charge in [-0.1, -0.05) is 37.6 Å². The van der Waals surface area contributed by atoms with E-state index in [9.17, 15) is 23.9 Å². The molecule has 2 fully saturated rings. The number of hydrogen-bond acceptors (Lipinski definition) is 4. The Hall–Kier alpha value is -3.91. The fourth-order valence-corrected chi connectivity index (χ4v) is 6.85. The van der Waals surface area contributed by atoms with Crippen molar-refractivity contribution in [3.63, 3.8) is 0 Å². The van der Waals surface area contributed by atoms with E-state index in [1.807, 2.05) is 26.0 Å². The Morgan fingerprint density at radius 3 is 2.41 bits per heavy atom. The lowest BCUT2D eigenvalue weighted by atomic mass is 9.75. The minimum absolute atomic E-state index is 0.0140. The molecule has 2 atom stereocenters. The Labute approximate surface area is 229 Å². The average molecular weight is 549 g/mol. The summed E-state index contributed by atoms with van der Waals surface area (Å²) in [5.41, 5.74) is 1.30. The first-order valence-corrected chi connectivity index (χ1v) is 13.1. The molecule has 1 aliphatic carbocycles. The van der Waals surface area contributed by atoms with Gasteiger partial charge in [0.1, 0.15) is 12.4 Å². The van der Waals surface area contributed by atoms with Crippen LogP contribution >= 0.6 is 11.6 Å². The summed E-state index contributed by atoms with van der Waals surface area (Å²) >= 11 is 6.17. The molecule has 9 heteroatoms. The highest BCUT2D eigenvalue weighted by atomic mass is 35.5. The first-order valence-electron chi connectivity index (χ1n) is 12.8. The van der Waals surface area contributed by atoms with Gasteiger partial charge in [-0.05, 0) is 78.4 Å². The summed E-state index contributed by atoms with van der Waals surface area (Å²) in [4.78, 5) is 42.1. The van der Waals surface area contributed by atoms with E-state index >= 15 is 0 Å². The molecule has 0 bridgehead atoms. The van der Waals surface area contributed by atoms with Crippen LogP contribution in [-0.2, 0) is 20.4 Å². The molecule has 39 heavy (non-hydrogen) atoms. The van der Waals surface area contributed by atoms with Gasteiger partial charge in [0.15, 0.2) is 0 Å². The largest absolute Gasteiger partial charge is 0.478 e. The number of amides is 2. The third-order valence-corrected chi connectivity index (χ3v) is 8.91. The van der Waals surface area contributed by atoms with Crippen molar-refractivity contribution in [3.8, 4) is 0 Å². The molecule has 2 amide bonds. The minimum atomic E-state index is -1.19. The number of carbonyl (C=O) groups is 3. The molecule has 200 valence electrons. The fraction of sp³-hybridized carbons (Fsp3) is 0.300. The van der Waals surface area contributed by atoms with E-state index < -0.39 is 28.7 Å². The van der Waals surface area contributed by atoms with Gasteiger partial charge >= 0.3 is 12.1 Å². The zero-order valence-electron chi connectivity index (χ0n) is 21.6. The number of carboxylic acid groups (broad SMARTS) is 1. The molecule has 1 saturated carbocycles. The van der Waals surface area contributed by atoms with E-state index in [4.69, 9.17) is 16.3 Å². The van der Waals surface area contributed by atoms with Crippen LogP contribution in [0, 0.1) is 18.7 Å². The Kier molecular flexibility index (Phi) is 5.56. The molecule has 3 aliphatic rings. The summed E-state index contributed by atoms with van der Waals surface area (Å²) in [5, 5.41) is 10.6. The number of hydrogen-bond donors (Lipinski definition) is 1. The summed E-state index contributed by atoms with van der Waals surface area (Å²) in [7, 11) is 0. The van der Waals surface area contributed by atoms with Crippen molar-refractivity contribution in [2.75, 3.05) is 23.0 Å². The molecule has 1 N–H and O–H groups in total. The van der Waals surface area contributed by atoms with Crippen molar-refractivity contribution in [2.24, 2.45) is 5.92 Å². The van der Waals surface area contributed by atoms with Crippen LogP contribution in [0.15, 0.2) is 54.6 Å². The number of rotatable bonds is 5. The summed E-state index contributed by atoms with van der Waals surface area (Å²) in [6.45, 7) is 6.16. The van der Waals surface area contributed by atoms with E-state index in [-0.39, 0.29) is 30.5 Å². The molecular formula is C30H26ClFN2O5. The summed E-state index contributed by atoms with van der Waals surface area (Å²) in [6, 6.07) is 14.8. The smallest absolute Gasteiger partial charge is 0.414 e. The zero-order chi connectivity index (χ0) is 27.9. The van der Waals surface area contributed by atoms with Gasteiger partial charge in [0.25, 0.3) is 0 Å². The second kappa shape index (κ2) is 8.55. The van der Waals surface area contributed by atoms with Crippen molar-refractivity contribution < 1.29 is 28.6 Å². The molecule has 1 saturated heterocycles. The third kappa shape index (κ3) is 3.37. The molecule has 3 aromatic carbocycles. The van der Waals surface area contributed by atoms with Gasteiger partial charge < -0.3 is 9.84 Å². The van der Waals surface area contributed by atoms with Crippen molar-refractivity contribution in [1.82, 2.24) is 0 Å². The molecule has 6 rings (SSSR count). The minimum Gasteiger partial charge on any atom is -0.478 e. The molecule has 0 radical (unpaired) electrons. The van der Waals surface area contributed by atoms with E-state index in [1.54, 1.807) is 31.2 Å². The molecule has 1 spiro atoms. The van der Waals surface area contributed by atoms with E-state index in [0.717, 1.165) is 5.56 Å². The van der Waals surface area contributed by atoms with Crippen LogP contribution in [0.4, 0.5) is 26.2 Å². The number of aromatic carboxylic acids is 1. The standard InChI is InChI=1S/C30H26ClFN2O5/c1-16(2)29(18-4-6-19(31)7-5-18)15-30(29)23-12-20(32)8-9-24(23)34(27(30)37)25-14-21(33-10-11-39-28(33)38)13-22(17(25)3)26(35)36/h4-9,12-14,16H,10-11,15H2,1-3H3,(H,35,36)/t29-,30-/m0/s1. The summed E-state index contributed by atoms with van der Waals surface area (Å²) < 4.78 is 19.8. The Morgan fingerprint density at radius 1 is 1.08 bits per heavy atom. The molecule has 0 aromatic heterocycles. The van der Waals surface area contributed by atoms with Crippen molar-refractivity contribution >= 4 is 46.6 Å². The van der Waals surface area contributed by atoms with Gasteiger partial charge in [-0.3, -0.25) is 14.6 Å². The van der Waals surface area contributed by atoms with Crippen LogP contribution in [0.25, 0.3) is 0 Å². The lowest BCUT2D eigenvalue weighted by Crippen LogP contribution is -2.37. The number of ether oxygens (including phenoxy) is 1. The first-order chi connectivity index (χ1) is 18.5. The van der Waals surface area contributed by atoms with E-state index in [0.29, 0.717) is 39.6 Å². The number of anilines is 3. The second-order valence-electron chi connectivity index (χ2n) is 10.7. The average Bonchev–Trinajstić information content (AvgIpc) is 3.35. The maximum atomic E-state index is 14.8. The topological polar surface area (TPSA) is 87.2 Å². The van der Waals surface area contributed by atoms with E-state index in [2.05, 4.69) is 0 Å². The Morgan fingerprint density at radius 2 is 1.79 bits per heavy atom. The predicted octanol–water partition coefficient (Wildman–Crippen LogP) is 6.36. The lowest BCUT2D eigenvalue weighted by Gasteiger charge is -2.28. The maximum absolute atomic E-state index is 14.8. The second-order valence-corrected chi connectivity index (χ2v) is 11.2. The van der Waals surface area contributed by atoms with Crippen molar-refractivity contribution in [1.29, 1.82) is 0 Å². The van der Waals surface area contributed by atoms with Gasteiger partial charge in [-0.25, -0.2) is 14.0 Å². The molecule has 2 heterocycles. The number of fused-ring (bicyclic) bond motifs is 2. The SMILES string of the molecule is Cc1c(C(=O)O)cc(N2CCOC2=O)cc1N1C(=O)[C@]2(C[C@@]2(c2ccc(Cl)cc2)C(C)C)c2cc(F)ccc21. The molecular weight excluding hydrogens is 523 g/mol. The van der Waals surface area contributed by atoms with Crippen LogP contribution in [0.2, 0.25) is 5.02 Å². The lowest BCUT2D eigenvalue weighted by molar-refractivity contribution is -0.120. The predicted molar refractivity (Wildman–Crippen MR) is 145 cm³/mol. The highest BCUT2D eigenvalue weighted by Crippen LogP contribution is 2.74. The number of carboxylic acids is 1. The Balaban J connectivity index is 1.58. The molecule has 2 aliphatic heterocycles. The highest BCUT2D eigenvalue weighted by molar-refractivity contribution is 6.30. The highest BCUT2D eigenvalue weighted by Gasteiger charge is 2.78. The number of halogens is 2. The summed E-state index contributed by atoms with van der Waals surface area (Å²) in [5.74, 6) is -1.89. The van der Waals surface area contributed by atoms with Crippen LogP contribution in [-0.4, -0.2) is 36.2 Å². The number of cyclic esters (lactones) is 1. The quantitative estimate of drug-likeness (QED) is 0.401. The Bertz CT molecular complexity index is 1570. The molecule has 7 nitrogen and oxygen atoms in total. The normalized spacial score (nSPS) is 23.5. The van der Waals surface area contributed by atoms with Crippen LogP contribution < -0.4 is 9.80 Å². The van der Waals surface area contributed by atoms with Crippen LogP contribution in [0.3, 0.4) is 0 Å². The molecule has 0 unspecified atom stereocenters. The van der Waals surface area contributed by atoms with Crippen molar-refractivity contribution in [3.05, 3.63) is 87.7 Å². The first kappa shape index (κ1) is 25.4. The zero-order valence-corrected chi connectivity index (χ0v) is 22.4. The third-order valence-electron chi connectivity index (χ3n) is 8.66. The number of benzene rings is 3. The van der Waals surface area contributed by atoms with E-state index in [1.165, 1.54) is 28.0 Å². The van der Waals surface area contributed by atoms with Gasteiger partial charge in [0.05, 0.1) is 34.6 Å². The summed E-state index contributed by atoms with van der Waals surface area (Å²) in [6.07, 6.45) is -0.120. The fourth-order valence-electron chi connectivity index (χ4n) is 6.72. The van der Waals surface area contributed by atoms with Gasteiger partial charge in [0.2, 0.25) is 5.91 Å². The molecule has 3 aromatic rings. The monoisotopic (exact) mass is 548 g/mol. The van der Waals surface area contributed by atoms with Gasteiger partial charge in [-0.2, -0.15) is 0 Å². The van der Waals surface area contributed by atoms with Gasteiger partial charge in [0, 0.05) is 10.4 Å². The van der Waals surface area contributed by atoms with Crippen molar-refractivity contribution in [2.45, 2.75) is 38.0 Å². The maximum Gasteiger partial charge on any atom is 0.414 e. The van der Waals surface area contributed by atoms with Crippen LogP contribution in [0.5, 0.6) is 0 Å². The number of carbonyl (C=O) groups excluding carboxylic acids is 2.